The Morgan fingerprint density at radius 1 is 1.14 bits per heavy atom. The minimum atomic E-state index is -0.0825. The first-order chi connectivity index (χ1) is 6.22. The lowest BCUT2D eigenvalue weighted by Gasteiger charge is -2.41. The minimum Gasteiger partial charge on any atom is -1.00 e. The summed E-state index contributed by atoms with van der Waals surface area (Å²) in [6, 6.07) is 0. The number of nitrogens with zero attached hydrogens (tertiary/aromatic N) is 1. The van der Waals surface area contributed by atoms with Gasteiger partial charge in [0.25, 0.3) is 0 Å². The zero-order valence-corrected chi connectivity index (χ0v) is 10.2. The Balaban J connectivity index is 0.00000169. The van der Waals surface area contributed by atoms with Crippen molar-refractivity contribution in [1.82, 2.24) is 0 Å². The summed E-state index contributed by atoms with van der Waals surface area (Å²) in [7, 11) is 0. The molecule has 3 heteroatoms. The van der Waals surface area contributed by atoms with Gasteiger partial charge in [0.1, 0.15) is 0 Å². The van der Waals surface area contributed by atoms with Gasteiger partial charge in [-0.1, -0.05) is 13.2 Å². The third-order valence-electron chi connectivity index (χ3n) is 2.91. The molecule has 0 amide bonds. The molecule has 0 aromatic carbocycles. The van der Waals surface area contributed by atoms with Crippen LogP contribution in [0.2, 0.25) is 0 Å². The molecular weight excluding hydrogens is 242 g/mol. The summed E-state index contributed by atoms with van der Waals surface area (Å²) >= 11 is 0. The summed E-state index contributed by atoms with van der Waals surface area (Å²) in [6.07, 6.45) is 5.70. The maximum Gasteiger partial charge on any atom is 0.0973 e. The van der Waals surface area contributed by atoms with Crippen LogP contribution in [0.3, 0.4) is 0 Å². The highest BCUT2D eigenvalue weighted by Crippen LogP contribution is 2.19. The number of rotatable bonds is 4. The van der Waals surface area contributed by atoms with Gasteiger partial charge in [0.15, 0.2) is 0 Å². The van der Waals surface area contributed by atoms with Gasteiger partial charge in [-0.15, -0.1) is 0 Å². The van der Waals surface area contributed by atoms with Crippen LogP contribution in [0.5, 0.6) is 0 Å². The lowest BCUT2D eigenvalue weighted by atomic mass is 10.0. The Labute approximate surface area is 97.3 Å². The molecule has 0 spiro atoms. The van der Waals surface area contributed by atoms with Crippen LogP contribution in [0.25, 0.3) is 0 Å². The summed E-state index contributed by atoms with van der Waals surface area (Å²) in [4.78, 5) is 0. The Bertz CT molecular complexity index is 174. The third kappa shape index (κ3) is 3.56. The van der Waals surface area contributed by atoms with Crippen LogP contribution in [-0.4, -0.2) is 41.9 Å². The van der Waals surface area contributed by atoms with Gasteiger partial charge in [0, 0.05) is 12.8 Å². The zero-order valence-electron chi connectivity index (χ0n) is 8.66. The van der Waals surface area contributed by atoms with E-state index in [4.69, 9.17) is 0 Å². The summed E-state index contributed by atoms with van der Waals surface area (Å²) in [5.74, 6) is 0. The average molecular weight is 262 g/mol. The molecule has 2 nitrogen and oxygen atoms in total. The fourth-order valence-corrected chi connectivity index (χ4v) is 2.09. The van der Waals surface area contributed by atoms with Crippen LogP contribution in [0.15, 0.2) is 25.3 Å². The van der Waals surface area contributed by atoms with Gasteiger partial charge in [-0.3, -0.25) is 0 Å². The standard InChI is InChI=1S/C11H20NO.BrH/c1-3-7-12(8-4-2)9-5-11(13)6-10-12;/h3-4,11,13H,1-2,5-10H2;1H/q+1;/p-1. The molecule has 0 bridgehead atoms. The van der Waals surface area contributed by atoms with E-state index in [1.807, 2.05) is 12.2 Å². The highest BCUT2D eigenvalue weighted by molar-refractivity contribution is 4.75. The van der Waals surface area contributed by atoms with E-state index in [1.165, 1.54) is 0 Å². The Kier molecular flexibility index (Phi) is 6.33. The Hall–Kier alpha value is -0.120. The second-order valence-electron chi connectivity index (χ2n) is 3.96. The fourth-order valence-electron chi connectivity index (χ4n) is 2.09. The molecule has 1 fully saturated rings. The number of piperidine rings is 1. The number of aliphatic hydroxyl groups excluding tert-OH is 1. The van der Waals surface area contributed by atoms with Crippen LogP contribution < -0.4 is 17.0 Å². The smallest absolute Gasteiger partial charge is 0.0973 e. The normalized spacial score (nSPS) is 20.9. The molecule has 82 valence electrons. The molecule has 0 atom stereocenters. The van der Waals surface area contributed by atoms with Gasteiger partial charge in [0.05, 0.1) is 32.3 Å². The fraction of sp³-hybridized carbons (Fsp3) is 0.636. The van der Waals surface area contributed by atoms with Crippen molar-refractivity contribution in [3.05, 3.63) is 25.3 Å². The van der Waals surface area contributed by atoms with Crippen molar-refractivity contribution in [1.29, 1.82) is 0 Å². The van der Waals surface area contributed by atoms with E-state index >= 15 is 0 Å². The summed E-state index contributed by atoms with van der Waals surface area (Å²) in [5.41, 5.74) is 0. The molecule has 1 aliphatic rings. The molecular formula is C11H20BrNO. The third-order valence-corrected chi connectivity index (χ3v) is 2.91. The molecule has 1 saturated heterocycles. The lowest BCUT2D eigenvalue weighted by Crippen LogP contribution is -3.00. The van der Waals surface area contributed by atoms with Crippen molar-refractivity contribution in [3.8, 4) is 0 Å². The lowest BCUT2D eigenvalue weighted by molar-refractivity contribution is -0.922. The SMILES string of the molecule is C=CC[N+]1(CC=C)CCC(O)CC1.[Br-]. The Morgan fingerprint density at radius 2 is 1.57 bits per heavy atom. The molecule has 0 aromatic rings. The van der Waals surface area contributed by atoms with E-state index in [9.17, 15) is 5.11 Å². The first-order valence-corrected chi connectivity index (χ1v) is 4.97. The predicted molar refractivity (Wildman–Crippen MR) is 55.4 cm³/mol. The number of hydrogen-bond donors (Lipinski definition) is 1. The van der Waals surface area contributed by atoms with E-state index in [0.29, 0.717) is 0 Å². The molecule has 1 aliphatic heterocycles. The molecule has 1 rings (SSSR count). The number of likely N-dealkylation sites (tertiary alicyclic amines) is 1. The van der Waals surface area contributed by atoms with Crippen LogP contribution in [0.1, 0.15) is 12.8 Å². The van der Waals surface area contributed by atoms with E-state index in [1.54, 1.807) is 0 Å². The van der Waals surface area contributed by atoms with Crippen molar-refractivity contribution in [2.45, 2.75) is 18.9 Å². The summed E-state index contributed by atoms with van der Waals surface area (Å²) in [6.45, 7) is 11.7. The van der Waals surface area contributed by atoms with E-state index in [-0.39, 0.29) is 23.1 Å². The second kappa shape index (κ2) is 6.38. The van der Waals surface area contributed by atoms with E-state index in [0.717, 1.165) is 43.5 Å². The van der Waals surface area contributed by atoms with Gasteiger partial charge < -0.3 is 26.6 Å². The molecule has 0 aliphatic carbocycles. The Morgan fingerprint density at radius 3 is 1.93 bits per heavy atom. The predicted octanol–water partition coefficient (Wildman–Crippen LogP) is -1.67. The van der Waals surface area contributed by atoms with Gasteiger partial charge in [0.2, 0.25) is 0 Å². The average Bonchev–Trinajstić information content (AvgIpc) is 2.11. The molecule has 0 saturated carbocycles. The second-order valence-corrected chi connectivity index (χ2v) is 3.96. The first-order valence-electron chi connectivity index (χ1n) is 4.97. The quantitative estimate of drug-likeness (QED) is 0.475. The van der Waals surface area contributed by atoms with E-state index < -0.39 is 0 Å². The van der Waals surface area contributed by atoms with Gasteiger partial charge in [-0.2, -0.15) is 0 Å². The van der Waals surface area contributed by atoms with Crippen molar-refractivity contribution in [2.75, 3.05) is 26.2 Å². The molecule has 0 unspecified atom stereocenters. The topological polar surface area (TPSA) is 20.2 Å². The maximum atomic E-state index is 9.42. The monoisotopic (exact) mass is 261 g/mol. The van der Waals surface area contributed by atoms with Crippen LogP contribution in [0.4, 0.5) is 0 Å². The van der Waals surface area contributed by atoms with Crippen LogP contribution >= 0.6 is 0 Å². The molecule has 14 heavy (non-hydrogen) atoms. The molecule has 1 heterocycles. The first kappa shape index (κ1) is 13.9. The number of quaternary nitrogens is 1. The number of halogens is 1. The summed E-state index contributed by atoms with van der Waals surface area (Å²) in [5, 5.41) is 9.42. The molecule has 1 N–H and O–H groups in total. The van der Waals surface area contributed by atoms with Crippen molar-refractivity contribution in [2.24, 2.45) is 0 Å². The number of aliphatic hydroxyl groups is 1. The maximum absolute atomic E-state index is 9.42. The van der Waals surface area contributed by atoms with Crippen molar-refractivity contribution < 1.29 is 26.6 Å². The van der Waals surface area contributed by atoms with Crippen molar-refractivity contribution in [3.63, 3.8) is 0 Å². The van der Waals surface area contributed by atoms with Gasteiger partial charge in [-0.05, 0) is 12.2 Å². The molecule has 0 radical (unpaired) electrons. The van der Waals surface area contributed by atoms with Crippen LogP contribution in [0, 0.1) is 0 Å². The largest absolute Gasteiger partial charge is 1.00 e. The van der Waals surface area contributed by atoms with E-state index in [2.05, 4.69) is 13.2 Å². The summed E-state index contributed by atoms with van der Waals surface area (Å²) < 4.78 is 1.03. The highest BCUT2D eigenvalue weighted by Gasteiger charge is 2.30. The zero-order chi connectivity index (χ0) is 9.73. The number of hydrogen-bond acceptors (Lipinski definition) is 1. The minimum absolute atomic E-state index is 0. The van der Waals surface area contributed by atoms with Gasteiger partial charge in [-0.25, -0.2) is 0 Å². The van der Waals surface area contributed by atoms with Crippen LogP contribution in [-0.2, 0) is 0 Å². The van der Waals surface area contributed by atoms with Gasteiger partial charge >= 0.3 is 0 Å². The molecule has 0 aromatic heterocycles. The van der Waals surface area contributed by atoms with Crippen molar-refractivity contribution >= 4 is 0 Å². The highest BCUT2D eigenvalue weighted by atomic mass is 79.9.